The van der Waals surface area contributed by atoms with Crippen molar-refractivity contribution in [3.8, 4) is 5.69 Å². The van der Waals surface area contributed by atoms with Crippen molar-refractivity contribution in [3.63, 3.8) is 0 Å². The molecule has 3 nitrogen and oxygen atoms in total. The van der Waals surface area contributed by atoms with E-state index in [2.05, 4.69) is 5.10 Å². The van der Waals surface area contributed by atoms with E-state index in [9.17, 15) is 0 Å². The Bertz CT molecular complexity index is 436. The summed E-state index contributed by atoms with van der Waals surface area (Å²) in [6.45, 7) is 0.169. The van der Waals surface area contributed by atoms with Crippen LogP contribution in [0.15, 0.2) is 36.5 Å². The molecule has 0 atom stereocenters. The van der Waals surface area contributed by atoms with Gasteiger partial charge in [-0.25, -0.2) is 4.68 Å². The third kappa shape index (κ3) is 2.19. The van der Waals surface area contributed by atoms with Crippen LogP contribution in [-0.4, -0.2) is 21.5 Å². The van der Waals surface area contributed by atoms with Crippen LogP contribution in [0.3, 0.4) is 0 Å². The molecule has 1 aromatic heterocycles. The van der Waals surface area contributed by atoms with E-state index in [-0.39, 0.29) is 6.61 Å². The number of nitrogens with zero attached hydrogens (tertiary/aromatic N) is 2. The highest BCUT2D eigenvalue weighted by Crippen LogP contribution is 2.15. The van der Waals surface area contributed by atoms with Gasteiger partial charge in [-0.05, 0) is 30.2 Å². The largest absolute Gasteiger partial charge is 0.396 e. The van der Waals surface area contributed by atoms with Crippen LogP contribution in [0.2, 0.25) is 5.15 Å². The van der Waals surface area contributed by atoms with Crippen molar-refractivity contribution in [2.24, 2.45) is 0 Å². The van der Waals surface area contributed by atoms with E-state index in [1.54, 1.807) is 16.9 Å². The van der Waals surface area contributed by atoms with Crippen LogP contribution in [0, 0.1) is 0 Å². The number of rotatable bonds is 3. The zero-order valence-corrected chi connectivity index (χ0v) is 8.85. The van der Waals surface area contributed by atoms with E-state index in [1.165, 1.54) is 0 Å². The lowest BCUT2D eigenvalue weighted by molar-refractivity contribution is 0.299. The zero-order chi connectivity index (χ0) is 10.7. The summed E-state index contributed by atoms with van der Waals surface area (Å²) in [5.74, 6) is 0. The van der Waals surface area contributed by atoms with E-state index < -0.39 is 0 Å². The second-order valence-corrected chi connectivity index (χ2v) is 3.59. The molecule has 0 aliphatic rings. The van der Waals surface area contributed by atoms with Crippen LogP contribution >= 0.6 is 11.6 Å². The number of aromatic nitrogens is 2. The van der Waals surface area contributed by atoms with Crippen molar-refractivity contribution in [3.05, 3.63) is 47.2 Å². The fraction of sp³-hybridized carbons (Fsp3) is 0.182. The van der Waals surface area contributed by atoms with Crippen molar-refractivity contribution in [1.82, 2.24) is 9.78 Å². The van der Waals surface area contributed by atoms with Crippen LogP contribution in [0.5, 0.6) is 0 Å². The Morgan fingerprint density at radius 2 is 1.93 bits per heavy atom. The van der Waals surface area contributed by atoms with Gasteiger partial charge in [-0.2, -0.15) is 5.10 Å². The molecule has 1 heterocycles. The first-order valence-corrected chi connectivity index (χ1v) is 5.09. The summed E-state index contributed by atoms with van der Waals surface area (Å²) in [5.41, 5.74) is 2.02. The first-order chi connectivity index (χ1) is 7.31. The minimum atomic E-state index is 0.169. The third-order valence-corrected chi connectivity index (χ3v) is 2.46. The molecule has 15 heavy (non-hydrogen) atoms. The number of hydrogen-bond acceptors (Lipinski definition) is 2. The minimum absolute atomic E-state index is 0.169. The van der Waals surface area contributed by atoms with Crippen LogP contribution in [0.1, 0.15) is 5.56 Å². The molecular weight excluding hydrogens is 212 g/mol. The maximum Gasteiger partial charge on any atom is 0.132 e. The molecule has 2 aromatic rings. The Labute approximate surface area is 92.9 Å². The van der Waals surface area contributed by atoms with Crippen molar-refractivity contribution >= 4 is 11.6 Å². The first-order valence-electron chi connectivity index (χ1n) is 4.71. The highest BCUT2D eigenvalue weighted by atomic mass is 35.5. The first kappa shape index (κ1) is 10.2. The normalized spacial score (nSPS) is 10.5. The lowest BCUT2D eigenvalue weighted by Gasteiger charge is -2.04. The Balaban J connectivity index is 2.28. The second-order valence-electron chi connectivity index (χ2n) is 3.21. The molecule has 0 aliphatic carbocycles. The van der Waals surface area contributed by atoms with Crippen LogP contribution in [0.4, 0.5) is 0 Å². The minimum Gasteiger partial charge on any atom is -0.396 e. The molecule has 0 radical (unpaired) electrons. The fourth-order valence-electron chi connectivity index (χ4n) is 1.41. The average Bonchev–Trinajstić information content (AvgIpc) is 2.66. The Morgan fingerprint density at radius 1 is 1.20 bits per heavy atom. The smallest absolute Gasteiger partial charge is 0.132 e. The topological polar surface area (TPSA) is 38.0 Å². The quantitative estimate of drug-likeness (QED) is 0.864. The third-order valence-electron chi connectivity index (χ3n) is 2.18. The Morgan fingerprint density at radius 3 is 2.47 bits per heavy atom. The molecule has 0 amide bonds. The monoisotopic (exact) mass is 222 g/mol. The molecule has 78 valence electrons. The molecule has 0 saturated heterocycles. The number of benzene rings is 1. The molecule has 4 heteroatoms. The summed E-state index contributed by atoms with van der Waals surface area (Å²) in [5, 5.41) is 13.5. The zero-order valence-electron chi connectivity index (χ0n) is 8.10. The van der Waals surface area contributed by atoms with Gasteiger partial charge < -0.3 is 5.11 Å². The highest BCUT2D eigenvalue weighted by Gasteiger charge is 2.01. The summed E-state index contributed by atoms with van der Waals surface area (Å²) in [7, 11) is 0. The Kier molecular flexibility index (Phi) is 3.04. The predicted octanol–water partition coefficient (Wildman–Crippen LogP) is 2.06. The van der Waals surface area contributed by atoms with E-state index in [0.29, 0.717) is 11.6 Å². The SMILES string of the molecule is OCCc1ccc(-n2nccc2Cl)cc1. The molecule has 0 saturated carbocycles. The van der Waals surface area contributed by atoms with Gasteiger partial charge in [0, 0.05) is 6.61 Å². The van der Waals surface area contributed by atoms with Gasteiger partial charge >= 0.3 is 0 Å². The van der Waals surface area contributed by atoms with Crippen LogP contribution < -0.4 is 0 Å². The van der Waals surface area contributed by atoms with Crippen molar-refractivity contribution in [2.45, 2.75) is 6.42 Å². The molecular formula is C11H11ClN2O. The van der Waals surface area contributed by atoms with Gasteiger partial charge in [-0.1, -0.05) is 23.7 Å². The van der Waals surface area contributed by atoms with E-state index in [0.717, 1.165) is 11.3 Å². The second kappa shape index (κ2) is 4.47. The number of aliphatic hydroxyl groups is 1. The lowest BCUT2D eigenvalue weighted by atomic mass is 10.1. The fourth-order valence-corrected chi connectivity index (χ4v) is 1.61. The standard InChI is InChI=1S/C11H11ClN2O/c12-11-5-7-13-14(11)10-3-1-9(2-4-10)6-8-15/h1-5,7,15H,6,8H2. The summed E-state index contributed by atoms with van der Waals surface area (Å²) < 4.78 is 1.66. The number of halogens is 1. The molecule has 0 bridgehead atoms. The maximum atomic E-state index is 8.78. The van der Waals surface area contributed by atoms with E-state index in [1.807, 2.05) is 24.3 Å². The summed E-state index contributed by atoms with van der Waals surface area (Å²) in [6.07, 6.45) is 2.33. The molecule has 1 aromatic carbocycles. The molecule has 0 fully saturated rings. The Hall–Kier alpha value is -1.32. The van der Waals surface area contributed by atoms with Crippen molar-refractivity contribution < 1.29 is 5.11 Å². The summed E-state index contributed by atoms with van der Waals surface area (Å²) >= 11 is 5.94. The molecule has 2 rings (SSSR count). The highest BCUT2D eigenvalue weighted by molar-refractivity contribution is 6.29. The van der Waals surface area contributed by atoms with Gasteiger partial charge in [0.2, 0.25) is 0 Å². The molecule has 0 spiro atoms. The lowest BCUT2D eigenvalue weighted by Crippen LogP contribution is -1.97. The average molecular weight is 223 g/mol. The van der Waals surface area contributed by atoms with Gasteiger partial charge in [0.15, 0.2) is 0 Å². The van der Waals surface area contributed by atoms with Crippen LogP contribution in [-0.2, 0) is 6.42 Å². The predicted molar refractivity (Wildman–Crippen MR) is 59.4 cm³/mol. The molecule has 0 aliphatic heterocycles. The van der Waals surface area contributed by atoms with Crippen molar-refractivity contribution in [1.29, 1.82) is 0 Å². The molecule has 0 unspecified atom stereocenters. The van der Waals surface area contributed by atoms with Crippen LogP contribution in [0.25, 0.3) is 5.69 Å². The van der Waals surface area contributed by atoms with E-state index >= 15 is 0 Å². The number of hydrogen-bond donors (Lipinski definition) is 1. The van der Waals surface area contributed by atoms with Gasteiger partial charge in [0.05, 0.1) is 11.9 Å². The molecule has 1 N–H and O–H groups in total. The number of aliphatic hydroxyl groups excluding tert-OH is 1. The van der Waals surface area contributed by atoms with Gasteiger partial charge in [0.25, 0.3) is 0 Å². The summed E-state index contributed by atoms with van der Waals surface area (Å²) in [6, 6.07) is 9.53. The van der Waals surface area contributed by atoms with Crippen molar-refractivity contribution in [2.75, 3.05) is 6.61 Å². The van der Waals surface area contributed by atoms with Gasteiger partial charge in [-0.3, -0.25) is 0 Å². The van der Waals surface area contributed by atoms with Gasteiger partial charge in [-0.15, -0.1) is 0 Å². The van der Waals surface area contributed by atoms with Gasteiger partial charge in [0.1, 0.15) is 5.15 Å². The van der Waals surface area contributed by atoms with E-state index in [4.69, 9.17) is 16.7 Å². The summed E-state index contributed by atoms with van der Waals surface area (Å²) in [4.78, 5) is 0. The maximum absolute atomic E-state index is 8.78.